The summed E-state index contributed by atoms with van der Waals surface area (Å²) in [7, 11) is 3.32. The minimum absolute atomic E-state index is 0.0148. The number of anilines is 2. The van der Waals surface area contributed by atoms with Crippen molar-refractivity contribution in [3.8, 4) is 11.5 Å². The largest absolute Gasteiger partial charge is 0.493 e. The Morgan fingerprint density at radius 3 is 2.47 bits per heavy atom. The summed E-state index contributed by atoms with van der Waals surface area (Å²) in [6.45, 7) is 3.91. The van der Waals surface area contributed by atoms with E-state index in [1.54, 1.807) is 23.6 Å². The Morgan fingerprint density at radius 1 is 1.07 bits per heavy atom. The van der Waals surface area contributed by atoms with Crippen molar-refractivity contribution < 1.29 is 14.3 Å². The minimum Gasteiger partial charge on any atom is -0.493 e. The SMILES string of the molecule is COc1ccc([C@@H]2CC(=O)N(c3ccccc3)c3c2sc(=O)n3C)cc1OC(C)C. The smallest absolute Gasteiger partial charge is 0.308 e. The summed E-state index contributed by atoms with van der Waals surface area (Å²) >= 11 is 1.19. The highest BCUT2D eigenvalue weighted by molar-refractivity contribution is 7.10. The molecule has 0 saturated heterocycles. The second-order valence-corrected chi connectivity index (χ2v) is 8.51. The van der Waals surface area contributed by atoms with Crippen LogP contribution in [0.25, 0.3) is 0 Å². The van der Waals surface area contributed by atoms with Gasteiger partial charge in [0.1, 0.15) is 5.82 Å². The first-order chi connectivity index (χ1) is 14.4. The molecule has 0 saturated carbocycles. The summed E-state index contributed by atoms with van der Waals surface area (Å²) in [6.07, 6.45) is 0.258. The third-order valence-corrected chi connectivity index (χ3v) is 6.27. The van der Waals surface area contributed by atoms with Crippen molar-refractivity contribution in [3.63, 3.8) is 0 Å². The monoisotopic (exact) mass is 424 g/mol. The molecule has 7 heteroatoms. The molecule has 156 valence electrons. The number of thiazole rings is 1. The molecule has 0 radical (unpaired) electrons. The Morgan fingerprint density at radius 2 is 1.80 bits per heavy atom. The number of rotatable bonds is 5. The molecule has 0 N–H and O–H groups in total. The number of benzene rings is 2. The fourth-order valence-electron chi connectivity index (χ4n) is 3.79. The topological polar surface area (TPSA) is 60.8 Å². The van der Waals surface area contributed by atoms with E-state index in [1.165, 1.54) is 11.3 Å². The molecule has 1 aliphatic rings. The molecule has 1 aromatic heterocycles. The van der Waals surface area contributed by atoms with Crippen LogP contribution in [0.1, 0.15) is 36.6 Å². The Kier molecular flexibility index (Phi) is 5.39. The fourth-order valence-corrected chi connectivity index (χ4v) is 4.89. The molecule has 0 fully saturated rings. The average molecular weight is 425 g/mol. The molecule has 4 rings (SSSR count). The lowest BCUT2D eigenvalue weighted by atomic mass is 9.90. The van der Waals surface area contributed by atoms with Crippen LogP contribution in [-0.4, -0.2) is 23.7 Å². The average Bonchev–Trinajstić information content (AvgIpc) is 3.02. The van der Waals surface area contributed by atoms with E-state index in [2.05, 4.69) is 0 Å². The lowest BCUT2D eigenvalue weighted by Crippen LogP contribution is -2.34. The van der Waals surface area contributed by atoms with E-state index in [4.69, 9.17) is 9.47 Å². The van der Waals surface area contributed by atoms with Gasteiger partial charge in [-0.3, -0.25) is 19.1 Å². The maximum absolute atomic E-state index is 13.2. The molecule has 1 aliphatic heterocycles. The number of carbonyl (C=O) groups is 1. The van der Waals surface area contributed by atoms with Gasteiger partial charge in [-0.05, 0) is 43.7 Å². The third kappa shape index (κ3) is 3.50. The van der Waals surface area contributed by atoms with Gasteiger partial charge in [0.2, 0.25) is 5.91 Å². The van der Waals surface area contributed by atoms with Gasteiger partial charge in [0, 0.05) is 19.4 Å². The number of hydrogen-bond donors (Lipinski definition) is 0. The van der Waals surface area contributed by atoms with Gasteiger partial charge in [0.15, 0.2) is 11.5 Å². The van der Waals surface area contributed by atoms with Crippen molar-refractivity contribution in [3.05, 3.63) is 68.6 Å². The molecule has 1 atom stereocenters. The van der Waals surface area contributed by atoms with Crippen LogP contribution in [-0.2, 0) is 11.8 Å². The maximum atomic E-state index is 13.2. The Hall–Kier alpha value is -3.06. The van der Waals surface area contributed by atoms with Gasteiger partial charge in [0.25, 0.3) is 0 Å². The highest BCUT2D eigenvalue weighted by atomic mass is 32.1. The zero-order valence-electron chi connectivity index (χ0n) is 17.4. The second kappa shape index (κ2) is 7.99. The molecular weight excluding hydrogens is 400 g/mol. The Bertz CT molecular complexity index is 1130. The first kappa shape index (κ1) is 20.2. The zero-order chi connectivity index (χ0) is 21.4. The molecule has 0 aliphatic carbocycles. The van der Waals surface area contributed by atoms with Crippen molar-refractivity contribution in [1.82, 2.24) is 4.57 Å². The quantitative estimate of drug-likeness (QED) is 0.607. The van der Waals surface area contributed by atoms with E-state index in [0.29, 0.717) is 17.3 Å². The summed E-state index contributed by atoms with van der Waals surface area (Å²) in [5, 5.41) is 0. The van der Waals surface area contributed by atoms with Gasteiger partial charge in [0.05, 0.1) is 23.8 Å². The lowest BCUT2D eigenvalue weighted by molar-refractivity contribution is -0.118. The van der Waals surface area contributed by atoms with Crippen molar-refractivity contribution in [2.75, 3.05) is 12.0 Å². The fraction of sp³-hybridized carbons (Fsp3) is 0.304. The summed E-state index contributed by atoms with van der Waals surface area (Å²) in [5.41, 5.74) is 1.68. The zero-order valence-corrected chi connectivity index (χ0v) is 18.2. The molecular formula is C23H24N2O4S. The van der Waals surface area contributed by atoms with Crippen LogP contribution < -0.4 is 19.2 Å². The van der Waals surface area contributed by atoms with Crippen LogP contribution in [0.2, 0.25) is 0 Å². The van der Waals surface area contributed by atoms with Crippen molar-refractivity contribution in [2.24, 2.45) is 7.05 Å². The van der Waals surface area contributed by atoms with Crippen LogP contribution in [0.15, 0.2) is 53.3 Å². The van der Waals surface area contributed by atoms with Crippen molar-refractivity contribution in [2.45, 2.75) is 32.3 Å². The van der Waals surface area contributed by atoms with E-state index in [-0.39, 0.29) is 29.2 Å². The number of methoxy groups -OCH3 is 1. The number of fused-ring (bicyclic) bond motifs is 1. The van der Waals surface area contributed by atoms with Gasteiger partial charge < -0.3 is 9.47 Å². The van der Waals surface area contributed by atoms with Crippen LogP contribution in [0.4, 0.5) is 11.5 Å². The summed E-state index contributed by atoms with van der Waals surface area (Å²) < 4.78 is 12.9. The van der Waals surface area contributed by atoms with Crippen LogP contribution in [0.3, 0.4) is 0 Å². The molecule has 0 bridgehead atoms. The lowest BCUT2D eigenvalue weighted by Gasteiger charge is -2.32. The standard InChI is InChI=1S/C23H24N2O4S/c1-14(2)29-19-12-15(10-11-18(19)28-4)17-13-20(26)25(16-8-6-5-7-9-16)22-21(17)30-23(27)24(22)3/h5-12,14,17H,13H2,1-4H3/t17-/m0/s1. The third-order valence-electron chi connectivity index (χ3n) is 5.13. The van der Waals surface area contributed by atoms with Gasteiger partial charge in [-0.25, -0.2) is 0 Å². The molecule has 0 spiro atoms. The molecule has 2 aromatic carbocycles. The number of amides is 1. The summed E-state index contributed by atoms with van der Waals surface area (Å²) in [5.74, 6) is 1.65. The molecule has 0 unspecified atom stereocenters. The van der Waals surface area contributed by atoms with Crippen molar-refractivity contribution in [1.29, 1.82) is 0 Å². The van der Waals surface area contributed by atoms with E-state index in [1.807, 2.05) is 62.4 Å². The number of carbonyl (C=O) groups excluding carboxylic acids is 1. The van der Waals surface area contributed by atoms with Crippen LogP contribution in [0.5, 0.6) is 11.5 Å². The predicted octanol–water partition coefficient (Wildman–Crippen LogP) is 4.44. The number of nitrogens with zero attached hydrogens (tertiary/aromatic N) is 2. The van der Waals surface area contributed by atoms with Gasteiger partial charge >= 0.3 is 4.87 Å². The highest BCUT2D eigenvalue weighted by Gasteiger charge is 2.37. The molecule has 2 heterocycles. The van der Waals surface area contributed by atoms with E-state index in [0.717, 1.165) is 16.1 Å². The predicted molar refractivity (Wildman–Crippen MR) is 118 cm³/mol. The molecule has 3 aromatic rings. The first-order valence-electron chi connectivity index (χ1n) is 9.83. The number of para-hydroxylation sites is 1. The van der Waals surface area contributed by atoms with E-state index >= 15 is 0 Å². The number of aromatic nitrogens is 1. The minimum atomic E-state index is -0.216. The molecule has 30 heavy (non-hydrogen) atoms. The summed E-state index contributed by atoms with van der Waals surface area (Å²) in [4.78, 5) is 28.3. The first-order valence-corrected chi connectivity index (χ1v) is 10.6. The summed E-state index contributed by atoms with van der Waals surface area (Å²) in [6, 6.07) is 15.2. The van der Waals surface area contributed by atoms with Crippen LogP contribution >= 0.6 is 11.3 Å². The molecule has 1 amide bonds. The van der Waals surface area contributed by atoms with E-state index < -0.39 is 0 Å². The van der Waals surface area contributed by atoms with Crippen LogP contribution in [0, 0.1) is 0 Å². The van der Waals surface area contributed by atoms with E-state index in [9.17, 15) is 9.59 Å². The Labute approximate surface area is 179 Å². The van der Waals surface area contributed by atoms with Crippen molar-refractivity contribution >= 4 is 28.7 Å². The Balaban J connectivity index is 1.84. The van der Waals surface area contributed by atoms with Gasteiger partial charge in [-0.2, -0.15) is 0 Å². The molecule has 6 nitrogen and oxygen atoms in total. The van der Waals surface area contributed by atoms with Gasteiger partial charge in [-0.15, -0.1) is 0 Å². The number of hydrogen-bond acceptors (Lipinski definition) is 5. The highest BCUT2D eigenvalue weighted by Crippen LogP contribution is 2.45. The normalized spacial score (nSPS) is 16.0. The number of ether oxygens (including phenoxy) is 2. The maximum Gasteiger partial charge on any atom is 0.308 e. The van der Waals surface area contributed by atoms with Gasteiger partial charge in [-0.1, -0.05) is 35.6 Å². The second-order valence-electron chi connectivity index (χ2n) is 7.51.